The normalized spacial score (nSPS) is 15.3. The Labute approximate surface area is 120 Å². The van der Waals surface area contributed by atoms with Crippen LogP contribution in [0.15, 0.2) is 17.0 Å². The molecule has 1 aliphatic heterocycles. The molecule has 0 aliphatic carbocycles. The molecular weight excluding hydrogens is 282 g/mol. The average molecular weight is 301 g/mol. The lowest BCUT2D eigenvalue weighted by molar-refractivity contribution is 0.171. The molecule has 1 aromatic carbocycles. The Kier molecular flexibility index (Phi) is 5.54. The number of benzene rings is 1. The fourth-order valence-electron chi connectivity index (χ4n) is 1.88. The zero-order valence-corrected chi connectivity index (χ0v) is 12.9. The highest BCUT2D eigenvalue weighted by Crippen LogP contribution is 2.36. The van der Waals surface area contributed by atoms with Crippen molar-refractivity contribution in [2.45, 2.75) is 11.4 Å². The lowest BCUT2D eigenvalue weighted by Gasteiger charge is -2.20. The van der Waals surface area contributed by atoms with Crippen LogP contribution in [0.25, 0.3) is 0 Å². The minimum atomic E-state index is -0.745. The first-order valence-corrected chi connectivity index (χ1v) is 9.13. The van der Waals surface area contributed by atoms with Gasteiger partial charge in [-0.25, -0.2) is 0 Å². The summed E-state index contributed by atoms with van der Waals surface area (Å²) in [6, 6.07) is 4.07. The molecule has 1 aliphatic rings. The van der Waals surface area contributed by atoms with Crippen LogP contribution in [0.3, 0.4) is 0 Å². The van der Waals surface area contributed by atoms with E-state index in [9.17, 15) is 4.21 Å². The molecule has 1 N–H and O–H groups in total. The lowest BCUT2D eigenvalue weighted by Crippen LogP contribution is -2.21. The Balaban J connectivity index is 2.04. The summed E-state index contributed by atoms with van der Waals surface area (Å²) < 4.78 is 22.2. The minimum absolute atomic E-state index is 0.604. The monoisotopic (exact) mass is 301 g/mol. The van der Waals surface area contributed by atoms with Crippen LogP contribution in [0, 0.1) is 0 Å². The molecule has 1 heterocycles. The third kappa shape index (κ3) is 4.12. The molecule has 0 saturated carbocycles. The molecule has 0 saturated heterocycles. The topological polar surface area (TPSA) is 47.6 Å². The number of thioether (sulfide) groups is 1. The van der Waals surface area contributed by atoms with Crippen LogP contribution < -0.4 is 14.8 Å². The predicted molar refractivity (Wildman–Crippen MR) is 79.9 cm³/mol. The first-order chi connectivity index (χ1) is 9.20. The van der Waals surface area contributed by atoms with Gasteiger partial charge >= 0.3 is 0 Å². The van der Waals surface area contributed by atoms with Gasteiger partial charge < -0.3 is 14.8 Å². The van der Waals surface area contributed by atoms with Crippen molar-refractivity contribution in [2.24, 2.45) is 0 Å². The number of ether oxygens (including phenoxy) is 2. The van der Waals surface area contributed by atoms with Crippen molar-refractivity contribution in [1.29, 1.82) is 0 Å². The molecule has 106 valence electrons. The van der Waals surface area contributed by atoms with E-state index in [0.29, 0.717) is 19.0 Å². The quantitative estimate of drug-likeness (QED) is 0.639. The van der Waals surface area contributed by atoms with Crippen LogP contribution in [0.4, 0.5) is 0 Å². The molecule has 19 heavy (non-hydrogen) atoms. The standard InChI is InChI=1S/C13H19NO3S2/c1-18-13-8-12-11(16-4-5-17-12)7-10(13)9-14-3-6-19(2)15/h7-8,14H,3-6,9H2,1-2H3. The SMILES string of the molecule is CSc1cc2c(cc1CNCCS(C)=O)OCCO2. The van der Waals surface area contributed by atoms with Gasteiger partial charge in [-0.05, 0) is 24.0 Å². The van der Waals surface area contributed by atoms with Gasteiger partial charge in [-0.1, -0.05) is 0 Å². The van der Waals surface area contributed by atoms with Gasteiger partial charge in [0.05, 0.1) is 0 Å². The van der Waals surface area contributed by atoms with E-state index in [4.69, 9.17) is 9.47 Å². The summed E-state index contributed by atoms with van der Waals surface area (Å²) in [7, 11) is -0.745. The second-order valence-electron chi connectivity index (χ2n) is 4.26. The van der Waals surface area contributed by atoms with Gasteiger partial charge in [0.2, 0.25) is 0 Å². The van der Waals surface area contributed by atoms with Gasteiger partial charge in [0, 0.05) is 40.8 Å². The van der Waals surface area contributed by atoms with Crippen LogP contribution >= 0.6 is 11.8 Å². The van der Waals surface area contributed by atoms with Crippen LogP contribution in [0.5, 0.6) is 11.5 Å². The van der Waals surface area contributed by atoms with E-state index < -0.39 is 10.8 Å². The van der Waals surface area contributed by atoms with E-state index in [1.54, 1.807) is 18.0 Å². The first kappa shape index (κ1) is 14.7. The van der Waals surface area contributed by atoms with Crippen molar-refractivity contribution < 1.29 is 13.7 Å². The van der Waals surface area contributed by atoms with Gasteiger partial charge in [0.15, 0.2) is 11.5 Å². The number of hydrogen-bond donors (Lipinski definition) is 1. The van der Waals surface area contributed by atoms with E-state index in [2.05, 4.69) is 11.6 Å². The van der Waals surface area contributed by atoms with Crippen molar-refractivity contribution in [1.82, 2.24) is 5.32 Å². The molecule has 0 bridgehead atoms. The minimum Gasteiger partial charge on any atom is -0.486 e. The Morgan fingerprint density at radius 2 is 2.00 bits per heavy atom. The van der Waals surface area contributed by atoms with Gasteiger partial charge in [0.25, 0.3) is 0 Å². The van der Waals surface area contributed by atoms with Crippen LogP contribution in [-0.4, -0.2) is 42.2 Å². The lowest BCUT2D eigenvalue weighted by atomic mass is 10.2. The van der Waals surface area contributed by atoms with Crippen molar-refractivity contribution in [3.05, 3.63) is 17.7 Å². The van der Waals surface area contributed by atoms with E-state index in [0.717, 1.165) is 24.6 Å². The molecule has 0 amide bonds. The molecule has 6 heteroatoms. The van der Waals surface area contributed by atoms with E-state index >= 15 is 0 Å². The van der Waals surface area contributed by atoms with Gasteiger partial charge in [-0.2, -0.15) is 0 Å². The Bertz CT molecular complexity index is 465. The maximum Gasteiger partial charge on any atom is 0.162 e. The summed E-state index contributed by atoms with van der Waals surface area (Å²) in [5, 5.41) is 3.31. The van der Waals surface area contributed by atoms with Crippen LogP contribution in [0.1, 0.15) is 5.56 Å². The Hall–Kier alpha value is -0.720. The van der Waals surface area contributed by atoms with Crippen molar-refractivity contribution >= 4 is 22.6 Å². The van der Waals surface area contributed by atoms with Crippen molar-refractivity contribution in [3.8, 4) is 11.5 Å². The second-order valence-corrected chi connectivity index (χ2v) is 6.66. The highest BCUT2D eigenvalue weighted by Gasteiger charge is 2.15. The molecule has 1 aromatic rings. The summed E-state index contributed by atoms with van der Waals surface area (Å²) in [6.07, 6.45) is 3.77. The molecule has 4 nitrogen and oxygen atoms in total. The zero-order valence-electron chi connectivity index (χ0n) is 11.2. The zero-order chi connectivity index (χ0) is 13.7. The summed E-state index contributed by atoms with van der Waals surface area (Å²) in [4.78, 5) is 1.19. The Morgan fingerprint density at radius 3 is 2.63 bits per heavy atom. The Morgan fingerprint density at radius 1 is 1.32 bits per heavy atom. The van der Waals surface area contributed by atoms with E-state index in [1.807, 2.05) is 12.1 Å². The maximum atomic E-state index is 11.0. The number of hydrogen-bond acceptors (Lipinski definition) is 5. The summed E-state index contributed by atoms with van der Waals surface area (Å²) in [5.74, 6) is 2.33. The highest BCUT2D eigenvalue weighted by atomic mass is 32.2. The molecule has 0 spiro atoms. The molecule has 0 fully saturated rings. The molecule has 2 rings (SSSR count). The predicted octanol–water partition coefficient (Wildman–Crippen LogP) is 1.65. The smallest absolute Gasteiger partial charge is 0.162 e. The van der Waals surface area contributed by atoms with E-state index in [-0.39, 0.29) is 0 Å². The molecule has 1 unspecified atom stereocenters. The molecule has 0 radical (unpaired) electrons. The highest BCUT2D eigenvalue weighted by molar-refractivity contribution is 7.98. The molecule has 0 aromatic heterocycles. The fourth-order valence-corrected chi connectivity index (χ4v) is 2.93. The van der Waals surface area contributed by atoms with Crippen molar-refractivity contribution in [2.75, 3.05) is 38.0 Å². The average Bonchev–Trinajstić information content (AvgIpc) is 2.42. The van der Waals surface area contributed by atoms with Gasteiger partial charge in [0.1, 0.15) is 13.2 Å². The third-order valence-corrected chi connectivity index (χ3v) is 4.43. The van der Waals surface area contributed by atoms with Gasteiger partial charge in [-0.15, -0.1) is 11.8 Å². The summed E-state index contributed by atoms with van der Waals surface area (Å²) in [5.41, 5.74) is 1.19. The summed E-state index contributed by atoms with van der Waals surface area (Å²) in [6.45, 7) is 2.73. The maximum absolute atomic E-state index is 11.0. The molecule has 1 atom stereocenters. The largest absolute Gasteiger partial charge is 0.486 e. The summed E-state index contributed by atoms with van der Waals surface area (Å²) >= 11 is 1.70. The van der Waals surface area contributed by atoms with Gasteiger partial charge in [-0.3, -0.25) is 4.21 Å². The number of nitrogens with one attached hydrogen (secondary N) is 1. The van der Waals surface area contributed by atoms with Crippen LogP contribution in [-0.2, 0) is 17.3 Å². The fraction of sp³-hybridized carbons (Fsp3) is 0.538. The van der Waals surface area contributed by atoms with Crippen LogP contribution in [0.2, 0.25) is 0 Å². The second kappa shape index (κ2) is 7.17. The van der Waals surface area contributed by atoms with E-state index in [1.165, 1.54) is 10.5 Å². The van der Waals surface area contributed by atoms with Crippen molar-refractivity contribution in [3.63, 3.8) is 0 Å². The number of fused-ring (bicyclic) bond motifs is 1. The molecular formula is C13H19NO3S2. The third-order valence-electron chi connectivity index (χ3n) is 2.83. The first-order valence-electron chi connectivity index (χ1n) is 6.18. The number of rotatable bonds is 6.